The fourth-order valence-corrected chi connectivity index (χ4v) is 5.97. The summed E-state index contributed by atoms with van der Waals surface area (Å²) in [5.74, 6) is 0.586. The van der Waals surface area contributed by atoms with E-state index >= 15 is 0 Å². The molecule has 7 rings (SSSR count). The highest BCUT2D eigenvalue weighted by atomic mass is 16.3. The van der Waals surface area contributed by atoms with E-state index in [0.29, 0.717) is 27.8 Å². The van der Waals surface area contributed by atoms with Crippen molar-refractivity contribution in [3.05, 3.63) is 148 Å². The van der Waals surface area contributed by atoms with E-state index in [1.165, 1.54) is 22.3 Å². The zero-order chi connectivity index (χ0) is 30.4. The van der Waals surface area contributed by atoms with Gasteiger partial charge in [0, 0.05) is 35.0 Å². The number of aryl methyl sites for hydroxylation is 4. The fraction of sp³-hybridized carbons (Fsp3) is 0.103. The van der Waals surface area contributed by atoms with E-state index in [4.69, 9.17) is 4.42 Å². The number of hydrogen-bond acceptors (Lipinski definition) is 5. The molecule has 5 heteroatoms. The molecule has 44 heavy (non-hydrogen) atoms. The van der Waals surface area contributed by atoms with Crippen LogP contribution in [0.5, 0.6) is 0 Å². The predicted molar refractivity (Wildman–Crippen MR) is 180 cm³/mol. The summed E-state index contributed by atoms with van der Waals surface area (Å²) in [6, 6.07) is 34.7. The molecule has 2 heterocycles. The number of aromatic nitrogens is 2. The van der Waals surface area contributed by atoms with Crippen molar-refractivity contribution in [2.75, 3.05) is 4.90 Å². The molecule has 214 valence electrons. The Morgan fingerprint density at radius 1 is 0.568 bits per heavy atom. The van der Waals surface area contributed by atoms with Crippen molar-refractivity contribution in [1.82, 2.24) is 9.97 Å². The molecule has 0 spiro atoms. The van der Waals surface area contributed by atoms with Crippen LogP contribution in [0.2, 0.25) is 0 Å². The Morgan fingerprint density at radius 2 is 1.23 bits per heavy atom. The van der Waals surface area contributed by atoms with E-state index in [-0.39, 0.29) is 5.43 Å². The van der Waals surface area contributed by atoms with Gasteiger partial charge in [0.15, 0.2) is 5.82 Å². The number of rotatable bonds is 5. The van der Waals surface area contributed by atoms with Gasteiger partial charge in [0.2, 0.25) is 5.43 Å². The molecule has 0 aliphatic rings. The molecular formula is C39H31N3O2. The maximum Gasteiger partial charge on any atom is 0.200 e. The highest BCUT2D eigenvalue weighted by Gasteiger charge is 2.18. The van der Waals surface area contributed by atoms with E-state index in [2.05, 4.69) is 103 Å². The van der Waals surface area contributed by atoms with Crippen molar-refractivity contribution >= 4 is 39.0 Å². The van der Waals surface area contributed by atoms with Gasteiger partial charge in [0.1, 0.15) is 11.2 Å². The first-order chi connectivity index (χ1) is 21.4. The van der Waals surface area contributed by atoms with Crippen molar-refractivity contribution < 1.29 is 4.42 Å². The van der Waals surface area contributed by atoms with Gasteiger partial charge in [-0.1, -0.05) is 59.7 Å². The molecule has 0 fully saturated rings. The Kier molecular flexibility index (Phi) is 6.78. The average molecular weight is 574 g/mol. The lowest BCUT2D eigenvalue weighted by molar-refractivity contribution is 0.660. The van der Waals surface area contributed by atoms with Crippen LogP contribution in [0.3, 0.4) is 0 Å². The first-order valence-corrected chi connectivity index (χ1v) is 14.7. The zero-order valence-corrected chi connectivity index (χ0v) is 25.1. The summed E-state index contributed by atoms with van der Waals surface area (Å²) in [4.78, 5) is 24.7. The monoisotopic (exact) mass is 573 g/mol. The van der Waals surface area contributed by atoms with Gasteiger partial charge >= 0.3 is 0 Å². The summed E-state index contributed by atoms with van der Waals surface area (Å²) in [6.07, 6.45) is 3.39. The first-order valence-electron chi connectivity index (χ1n) is 14.7. The normalized spacial score (nSPS) is 11.3. The van der Waals surface area contributed by atoms with Crippen LogP contribution in [0.15, 0.2) is 125 Å². The average Bonchev–Trinajstić information content (AvgIpc) is 3.03. The van der Waals surface area contributed by atoms with Crippen molar-refractivity contribution in [3.8, 4) is 22.5 Å². The SMILES string of the molecule is Cc1ccc(N(c2cccc(-c3ccc4oc5cc(-c6ncccn6)ccc5c(=O)c4c3)c2)c2ccc(C)cc2C)c(C)c1. The second-order valence-corrected chi connectivity index (χ2v) is 11.4. The van der Waals surface area contributed by atoms with Crippen LogP contribution >= 0.6 is 0 Å². The molecule has 0 bridgehead atoms. The third kappa shape index (κ3) is 4.92. The van der Waals surface area contributed by atoms with Gasteiger partial charge in [-0.3, -0.25) is 4.79 Å². The van der Waals surface area contributed by atoms with Gasteiger partial charge in [-0.25, -0.2) is 9.97 Å². The Bertz CT molecular complexity index is 2200. The molecular weight excluding hydrogens is 542 g/mol. The maximum absolute atomic E-state index is 13.7. The van der Waals surface area contributed by atoms with Gasteiger partial charge in [-0.15, -0.1) is 0 Å². The summed E-state index contributed by atoms with van der Waals surface area (Å²) < 4.78 is 6.24. The topological polar surface area (TPSA) is 59.2 Å². The third-order valence-electron chi connectivity index (χ3n) is 8.12. The minimum atomic E-state index is -0.0630. The molecule has 7 aromatic rings. The molecule has 0 amide bonds. The maximum atomic E-state index is 13.7. The Labute approximate surface area is 256 Å². The smallest absolute Gasteiger partial charge is 0.200 e. The predicted octanol–water partition coefficient (Wildman–Crippen LogP) is 9.77. The van der Waals surface area contributed by atoms with Crippen molar-refractivity contribution in [2.45, 2.75) is 27.7 Å². The number of fused-ring (bicyclic) bond motifs is 2. The van der Waals surface area contributed by atoms with Gasteiger partial charge in [0.05, 0.1) is 10.8 Å². The molecule has 0 saturated heterocycles. The number of nitrogens with zero attached hydrogens (tertiary/aromatic N) is 3. The Morgan fingerprint density at radius 3 is 1.91 bits per heavy atom. The summed E-state index contributed by atoms with van der Waals surface area (Å²) in [5.41, 5.74) is 11.9. The van der Waals surface area contributed by atoms with E-state index in [1.807, 2.05) is 30.3 Å². The second-order valence-electron chi connectivity index (χ2n) is 11.4. The number of benzene rings is 5. The molecule has 0 atom stereocenters. The van der Waals surface area contributed by atoms with Crippen molar-refractivity contribution in [2.24, 2.45) is 0 Å². The Balaban J connectivity index is 1.34. The molecule has 0 aliphatic heterocycles. The molecule has 5 nitrogen and oxygen atoms in total. The Hall–Kier alpha value is -5.55. The third-order valence-corrected chi connectivity index (χ3v) is 8.12. The van der Waals surface area contributed by atoms with Crippen LogP contribution in [0.1, 0.15) is 22.3 Å². The lowest BCUT2D eigenvalue weighted by atomic mass is 10.0. The van der Waals surface area contributed by atoms with Gasteiger partial charge < -0.3 is 9.32 Å². The second kappa shape index (κ2) is 10.9. The molecule has 0 saturated carbocycles. The minimum Gasteiger partial charge on any atom is -0.456 e. The van der Waals surface area contributed by atoms with Gasteiger partial charge in [-0.05, 0) is 105 Å². The minimum absolute atomic E-state index is 0.0630. The first kappa shape index (κ1) is 27.3. The van der Waals surface area contributed by atoms with Crippen LogP contribution in [-0.2, 0) is 0 Å². The lowest BCUT2D eigenvalue weighted by Crippen LogP contribution is -2.13. The van der Waals surface area contributed by atoms with Crippen LogP contribution in [0.25, 0.3) is 44.5 Å². The van der Waals surface area contributed by atoms with Gasteiger partial charge in [0.25, 0.3) is 0 Å². The fourth-order valence-electron chi connectivity index (χ4n) is 5.97. The highest BCUT2D eigenvalue weighted by molar-refractivity contribution is 5.94. The summed E-state index contributed by atoms with van der Waals surface area (Å²) in [6.45, 7) is 8.56. The van der Waals surface area contributed by atoms with Gasteiger partial charge in [-0.2, -0.15) is 0 Å². The van der Waals surface area contributed by atoms with Crippen molar-refractivity contribution in [3.63, 3.8) is 0 Å². The van der Waals surface area contributed by atoms with E-state index in [9.17, 15) is 4.79 Å². The molecule has 0 aliphatic carbocycles. The van der Waals surface area contributed by atoms with Crippen LogP contribution in [0, 0.1) is 27.7 Å². The molecule has 5 aromatic carbocycles. The van der Waals surface area contributed by atoms with E-state index < -0.39 is 0 Å². The summed E-state index contributed by atoms with van der Waals surface area (Å²) in [5, 5.41) is 1.07. The number of anilines is 3. The molecule has 0 N–H and O–H groups in total. The van der Waals surface area contributed by atoms with Crippen LogP contribution < -0.4 is 10.3 Å². The van der Waals surface area contributed by atoms with Crippen LogP contribution in [0.4, 0.5) is 17.1 Å². The highest BCUT2D eigenvalue weighted by Crippen LogP contribution is 2.40. The quantitative estimate of drug-likeness (QED) is 0.192. The van der Waals surface area contributed by atoms with E-state index in [0.717, 1.165) is 33.8 Å². The van der Waals surface area contributed by atoms with Crippen LogP contribution in [-0.4, -0.2) is 9.97 Å². The molecule has 0 radical (unpaired) electrons. The molecule has 2 aromatic heterocycles. The largest absolute Gasteiger partial charge is 0.456 e. The van der Waals surface area contributed by atoms with Crippen molar-refractivity contribution in [1.29, 1.82) is 0 Å². The lowest BCUT2D eigenvalue weighted by Gasteiger charge is -2.29. The number of hydrogen-bond donors (Lipinski definition) is 0. The zero-order valence-electron chi connectivity index (χ0n) is 25.1. The summed E-state index contributed by atoms with van der Waals surface area (Å²) >= 11 is 0. The van der Waals surface area contributed by atoms with E-state index in [1.54, 1.807) is 24.5 Å². The molecule has 0 unspecified atom stereocenters. The standard InChI is InChI=1S/C39H31N3O2/c1-24-9-14-34(26(3)19-24)42(35-15-10-25(2)20-27(35)4)31-8-5-7-28(21-31)29-12-16-36-33(22-29)38(43)32-13-11-30(23-37(32)44-36)39-40-17-6-18-41-39/h5-23H,1-4H3. The summed E-state index contributed by atoms with van der Waals surface area (Å²) in [7, 11) is 0.